The van der Waals surface area contributed by atoms with E-state index in [1.54, 1.807) is 0 Å². The lowest BCUT2D eigenvalue weighted by molar-refractivity contribution is 0.147. The van der Waals surface area contributed by atoms with Gasteiger partial charge in [-0.15, -0.1) is 0 Å². The van der Waals surface area contributed by atoms with E-state index in [0.717, 1.165) is 63.5 Å². The molecule has 2 aromatic carbocycles. The third-order valence-electron chi connectivity index (χ3n) is 6.12. The van der Waals surface area contributed by atoms with Gasteiger partial charge in [-0.1, -0.05) is 24.3 Å². The molecule has 2 heterocycles. The summed E-state index contributed by atoms with van der Waals surface area (Å²) in [5, 5.41) is 0. The van der Waals surface area contributed by atoms with Crippen LogP contribution < -0.4 is 21.3 Å². The van der Waals surface area contributed by atoms with Crippen molar-refractivity contribution in [1.29, 1.82) is 0 Å². The van der Waals surface area contributed by atoms with Gasteiger partial charge in [0.15, 0.2) is 0 Å². The first-order chi connectivity index (χ1) is 14.7. The van der Waals surface area contributed by atoms with E-state index in [2.05, 4.69) is 58.3 Å². The molecule has 0 saturated carbocycles. The molecule has 0 aliphatic carbocycles. The second-order valence-corrected chi connectivity index (χ2v) is 7.98. The zero-order chi connectivity index (χ0) is 20.9. The number of hydrogen-bond donors (Lipinski definition) is 2. The van der Waals surface area contributed by atoms with Crippen molar-refractivity contribution in [3.05, 3.63) is 59.7 Å². The second kappa shape index (κ2) is 9.36. The number of rotatable bonds is 4. The minimum absolute atomic E-state index is 0.167. The maximum atomic E-state index is 13.0. The number of carbonyl (C=O) groups excluding carboxylic acids is 1. The quantitative estimate of drug-likeness (QED) is 0.804. The van der Waals surface area contributed by atoms with Crippen LogP contribution in [0.15, 0.2) is 48.5 Å². The summed E-state index contributed by atoms with van der Waals surface area (Å²) in [5.74, 6) is 0. The Hall–Kier alpha value is -2.77. The lowest BCUT2D eigenvalue weighted by Gasteiger charge is -2.41. The van der Waals surface area contributed by atoms with E-state index in [9.17, 15) is 4.79 Å². The molecule has 0 spiro atoms. The third kappa shape index (κ3) is 4.52. The largest absolute Gasteiger partial charge is 0.368 e. The molecule has 2 aliphatic rings. The van der Waals surface area contributed by atoms with Gasteiger partial charge in [-0.2, -0.15) is 0 Å². The summed E-state index contributed by atoms with van der Waals surface area (Å²) in [4.78, 5) is 21.7. The second-order valence-electron chi connectivity index (χ2n) is 7.98. The van der Waals surface area contributed by atoms with Gasteiger partial charge in [-0.25, -0.2) is 4.79 Å². The maximum Gasteiger partial charge on any atom is 0.320 e. The Bertz CT molecular complexity index is 787. The molecule has 0 unspecified atom stereocenters. The number of benzene rings is 2. The Morgan fingerprint density at radius 3 is 1.43 bits per heavy atom. The van der Waals surface area contributed by atoms with Crippen LogP contribution in [0.3, 0.4) is 0 Å². The summed E-state index contributed by atoms with van der Waals surface area (Å²) in [6.45, 7) is 7.53. The van der Waals surface area contributed by atoms with Crippen LogP contribution >= 0.6 is 0 Å². The average Bonchev–Trinajstić information content (AvgIpc) is 2.84. The van der Waals surface area contributed by atoms with E-state index in [1.807, 2.05) is 9.80 Å². The normalized spacial score (nSPS) is 17.4. The highest BCUT2D eigenvalue weighted by Crippen LogP contribution is 2.21. The lowest BCUT2D eigenvalue weighted by atomic mass is 10.1. The Morgan fingerprint density at radius 1 is 0.667 bits per heavy atom. The molecule has 0 bridgehead atoms. The zero-order valence-corrected chi connectivity index (χ0v) is 17.5. The predicted molar refractivity (Wildman–Crippen MR) is 122 cm³/mol. The molecule has 0 aromatic heterocycles. The van der Waals surface area contributed by atoms with Crippen molar-refractivity contribution in [1.82, 2.24) is 9.80 Å². The van der Waals surface area contributed by atoms with Gasteiger partial charge in [0.05, 0.1) is 0 Å². The molecular weight excluding hydrogens is 376 g/mol. The van der Waals surface area contributed by atoms with Gasteiger partial charge in [-0.3, -0.25) is 0 Å². The van der Waals surface area contributed by atoms with Gasteiger partial charge >= 0.3 is 6.03 Å². The number of anilines is 2. The van der Waals surface area contributed by atoms with Crippen LogP contribution in [0.5, 0.6) is 0 Å². The van der Waals surface area contributed by atoms with Crippen LogP contribution in [0.4, 0.5) is 16.2 Å². The van der Waals surface area contributed by atoms with Gasteiger partial charge < -0.3 is 31.1 Å². The van der Waals surface area contributed by atoms with Crippen molar-refractivity contribution in [3.63, 3.8) is 0 Å². The summed E-state index contributed by atoms with van der Waals surface area (Å²) < 4.78 is 0. The Labute approximate surface area is 178 Å². The summed E-state index contributed by atoms with van der Waals surface area (Å²) in [5.41, 5.74) is 16.2. The molecule has 7 nitrogen and oxygen atoms in total. The molecule has 160 valence electrons. The van der Waals surface area contributed by atoms with Gasteiger partial charge in [0.25, 0.3) is 0 Å². The number of hydrogen-bond acceptors (Lipinski definition) is 5. The first-order valence-corrected chi connectivity index (χ1v) is 10.8. The van der Waals surface area contributed by atoms with Gasteiger partial charge in [0.1, 0.15) is 0 Å². The highest BCUT2D eigenvalue weighted by atomic mass is 16.2. The summed E-state index contributed by atoms with van der Waals surface area (Å²) in [7, 11) is 0. The van der Waals surface area contributed by atoms with Crippen LogP contribution in [0.1, 0.15) is 11.1 Å². The average molecular weight is 409 g/mol. The van der Waals surface area contributed by atoms with E-state index in [1.165, 1.54) is 11.4 Å². The molecular formula is C23H32N6O. The monoisotopic (exact) mass is 408 g/mol. The van der Waals surface area contributed by atoms with Crippen molar-refractivity contribution in [2.45, 2.75) is 13.1 Å². The Balaban J connectivity index is 1.29. The first-order valence-electron chi connectivity index (χ1n) is 10.8. The minimum atomic E-state index is 0.167. The summed E-state index contributed by atoms with van der Waals surface area (Å²) >= 11 is 0. The molecule has 4 rings (SSSR count). The standard InChI is InChI=1S/C23H32N6O/c24-17-19-3-1-5-21(15-19)26-7-11-28(12-8-26)23(30)29-13-9-27(10-14-29)22-6-2-4-20(16-22)18-25/h1-6,15-16H,7-14,17-18,24-25H2. The van der Waals surface area contributed by atoms with Crippen LogP contribution in [0.2, 0.25) is 0 Å². The number of carbonyl (C=O) groups is 1. The molecule has 0 atom stereocenters. The smallest absolute Gasteiger partial charge is 0.320 e. The van der Waals surface area contributed by atoms with Crippen molar-refractivity contribution in [2.24, 2.45) is 11.5 Å². The molecule has 2 aromatic rings. The van der Waals surface area contributed by atoms with Gasteiger partial charge in [-0.05, 0) is 35.4 Å². The topological polar surface area (TPSA) is 82.1 Å². The van der Waals surface area contributed by atoms with Crippen molar-refractivity contribution < 1.29 is 4.79 Å². The van der Waals surface area contributed by atoms with Crippen LogP contribution in [-0.2, 0) is 13.1 Å². The van der Waals surface area contributed by atoms with Crippen molar-refractivity contribution in [2.75, 3.05) is 62.2 Å². The molecule has 7 heteroatoms. The number of piperazine rings is 2. The molecule has 2 fully saturated rings. The van der Waals surface area contributed by atoms with Gasteiger partial charge in [0, 0.05) is 76.8 Å². The van der Waals surface area contributed by atoms with E-state index in [4.69, 9.17) is 11.5 Å². The molecule has 2 aliphatic heterocycles. The fourth-order valence-electron chi connectivity index (χ4n) is 4.27. The fourth-order valence-corrected chi connectivity index (χ4v) is 4.27. The molecule has 0 radical (unpaired) electrons. The van der Waals surface area contributed by atoms with Crippen LogP contribution in [0.25, 0.3) is 0 Å². The molecule has 30 heavy (non-hydrogen) atoms. The maximum absolute atomic E-state index is 13.0. The summed E-state index contributed by atoms with van der Waals surface area (Å²) in [6.07, 6.45) is 0. The number of nitrogens with two attached hydrogens (primary N) is 2. The predicted octanol–water partition coefficient (Wildman–Crippen LogP) is 1.67. The fraction of sp³-hybridized carbons (Fsp3) is 0.435. The Kier molecular flexibility index (Phi) is 6.40. The summed E-state index contributed by atoms with van der Waals surface area (Å²) in [6, 6.07) is 16.9. The first kappa shape index (κ1) is 20.5. The SMILES string of the molecule is NCc1cccc(N2CCN(C(=O)N3CCN(c4cccc(CN)c4)CC3)CC2)c1. The molecule has 2 saturated heterocycles. The molecule has 2 amide bonds. The highest BCUT2D eigenvalue weighted by molar-refractivity contribution is 5.75. The van der Waals surface area contributed by atoms with Crippen LogP contribution in [-0.4, -0.2) is 68.2 Å². The highest BCUT2D eigenvalue weighted by Gasteiger charge is 2.28. The lowest BCUT2D eigenvalue weighted by Crippen LogP contribution is -2.57. The van der Waals surface area contributed by atoms with E-state index in [-0.39, 0.29) is 6.03 Å². The zero-order valence-electron chi connectivity index (χ0n) is 17.5. The molecule has 4 N–H and O–H groups in total. The minimum Gasteiger partial charge on any atom is -0.368 e. The Morgan fingerprint density at radius 2 is 1.07 bits per heavy atom. The van der Waals surface area contributed by atoms with Crippen LogP contribution in [0, 0.1) is 0 Å². The van der Waals surface area contributed by atoms with E-state index >= 15 is 0 Å². The number of amides is 2. The van der Waals surface area contributed by atoms with E-state index in [0.29, 0.717) is 13.1 Å². The number of nitrogens with zero attached hydrogens (tertiary/aromatic N) is 4. The van der Waals surface area contributed by atoms with Crippen molar-refractivity contribution in [3.8, 4) is 0 Å². The van der Waals surface area contributed by atoms with Crippen molar-refractivity contribution >= 4 is 17.4 Å². The third-order valence-corrected chi connectivity index (χ3v) is 6.12. The van der Waals surface area contributed by atoms with E-state index < -0.39 is 0 Å². The number of urea groups is 1. The van der Waals surface area contributed by atoms with Gasteiger partial charge in [0.2, 0.25) is 0 Å².